The Balaban J connectivity index is 1.45. The number of carbonyl (C=O) groups excluding carboxylic acids is 1. The maximum atomic E-state index is 13.0. The molecule has 4 heterocycles. The van der Waals surface area contributed by atoms with Crippen molar-refractivity contribution in [3.63, 3.8) is 0 Å². The van der Waals surface area contributed by atoms with Gasteiger partial charge in [-0.2, -0.15) is 4.98 Å². The summed E-state index contributed by atoms with van der Waals surface area (Å²) in [6.07, 6.45) is 11.7. The van der Waals surface area contributed by atoms with Gasteiger partial charge in [0.15, 0.2) is 5.82 Å². The molecule has 3 aromatic heterocycles. The maximum absolute atomic E-state index is 13.0. The summed E-state index contributed by atoms with van der Waals surface area (Å²) in [6, 6.07) is 5.42. The lowest BCUT2D eigenvalue weighted by atomic mass is 9.74. The van der Waals surface area contributed by atoms with Crippen LogP contribution in [0.25, 0.3) is 11.5 Å². The van der Waals surface area contributed by atoms with Gasteiger partial charge in [0.2, 0.25) is 0 Å². The summed E-state index contributed by atoms with van der Waals surface area (Å²) in [5.74, 6) is 1.78. The number of piperidine rings is 1. The fourth-order valence-corrected chi connectivity index (χ4v) is 4.24. The van der Waals surface area contributed by atoms with Crippen molar-refractivity contribution < 1.29 is 9.32 Å². The van der Waals surface area contributed by atoms with Crippen LogP contribution in [0.2, 0.25) is 0 Å². The second-order valence-electron chi connectivity index (χ2n) is 8.02. The normalized spacial score (nSPS) is 21.9. The van der Waals surface area contributed by atoms with Gasteiger partial charge in [0.25, 0.3) is 11.8 Å². The predicted molar refractivity (Wildman–Crippen MR) is 104 cm³/mol. The highest BCUT2D eigenvalue weighted by Crippen LogP contribution is 2.46. The Labute approximate surface area is 168 Å². The number of carbonyl (C=O) groups is 1. The van der Waals surface area contributed by atoms with Crippen LogP contribution in [0.15, 0.2) is 47.6 Å². The number of amides is 1. The summed E-state index contributed by atoms with van der Waals surface area (Å²) in [5, 5.41) is 4.36. The summed E-state index contributed by atoms with van der Waals surface area (Å²) >= 11 is 0. The first-order valence-corrected chi connectivity index (χ1v) is 10.0. The van der Waals surface area contributed by atoms with E-state index in [4.69, 9.17) is 9.51 Å². The minimum Gasteiger partial charge on any atom is -0.336 e. The van der Waals surface area contributed by atoms with Crippen LogP contribution in [0.1, 0.15) is 48.4 Å². The number of rotatable bonds is 5. The van der Waals surface area contributed by atoms with Crippen LogP contribution in [-0.4, -0.2) is 49.0 Å². The van der Waals surface area contributed by atoms with Gasteiger partial charge in [0.05, 0.1) is 11.0 Å². The van der Waals surface area contributed by atoms with E-state index < -0.39 is 0 Å². The second-order valence-corrected chi connectivity index (χ2v) is 8.02. The van der Waals surface area contributed by atoms with Crippen LogP contribution in [0.5, 0.6) is 0 Å². The van der Waals surface area contributed by atoms with Gasteiger partial charge in [-0.3, -0.25) is 9.78 Å². The maximum Gasteiger partial charge on any atom is 0.272 e. The number of pyridine rings is 1. The molecule has 5 rings (SSSR count). The first-order chi connectivity index (χ1) is 14.2. The number of likely N-dealkylation sites (tertiary alicyclic amines) is 1. The highest BCUT2D eigenvalue weighted by Gasteiger charge is 2.46. The molecule has 29 heavy (non-hydrogen) atoms. The Hall–Kier alpha value is -3.16. The molecular weight excluding hydrogens is 368 g/mol. The van der Waals surface area contributed by atoms with Gasteiger partial charge in [0.1, 0.15) is 12.0 Å². The van der Waals surface area contributed by atoms with Crippen molar-refractivity contribution in [1.82, 2.24) is 30.0 Å². The summed E-state index contributed by atoms with van der Waals surface area (Å²) < 4.78 is 5.59. The van der Waals surface area contributed by atoms with Gasteiger partial charge in [-0.1, -0.05) is 18.0 Å². The van der Waals surface area contributed by atoms with Crippen LogP contribution in [-0.2, 0) is 5.41 Å². The number of hydrogen-bond donors (Lipinski definition) is 0. The lowest BCUT2D eigenvalue weighted by Crippen LogP contribution is -2.49. The van der Waals surface area contributed by atoms with Gasteiger partial charge in [-0.05, 0) is 43.4 Å². The van der Waals surface area contributed by atoms with E-state index in [0.29, 0.717) is 36.4 Å². The van der Waals surface area contributed by atoms with Crippen molar-refractivity contribution in [2.75, 3.05) is 13.1 Å². The molecule has 8 nitrogen and oxygen atoms in total. The molecule has 2 fully saturated rings. The summed E-state index contributed by atoms with van der Waals surface area (Å²) in [6.45, 7) is 1.29. The molecule has 0 spiro atoms. The zero-order valence-corrected chi connectivity index (χ0v) is 16.1. The molecule has 0 aromatic carbocycles. The molecule has 1 saturated heterocycles. The zero-order valence-electron chi connectivity index (χ0n) is 16.1. The van der Waals surface area contributed by atoms with Gasteiger partial charge < -0.3 is 9.42 Å². The van der Waals surface area contributed by atoms with E-state index in [1.165, 1.54) is 19.2 Å². The summed E-state index contributed by atoms with van der Waals surface area (Å²) in [4.78, 5) is 31.8. The topological polar surface area (TPSA) is 97.9 Å². The quantitative estimate of drug-likeness (QED) is 0.660. The van der Waals surface area contributed by atoms with Gasteiger partial charge >= 0.3 is 0 Å². The van der Waals surface area contributed by atoms with Gasteiger partial charge in [-0.15, -0.1) is 0 Å². The molecule has 1 amide bonds. The van der Waals surface area contributed by atoms with Crippen molar-refractivity contribution in [3.05, 3.63) is 54.6 Å². The van der Waals surface area contributed by atoms with E-state index >= 15 is 0 Å². The Bertz CT molecular complexity index is 989. The number of nitrogens with zero attached hydrogens (tertiary/aromatic N) is 6. The Morgan fingerprint density at radius 2 is 2.17 bits per heavy atom. The monoisotopic (exact) mass is 390 g/mol. The smallest absolute Gasteiger partial charge is 0.272 e. The van der Waals surface area contributed by atoms with Crippen LogP contribution >= 0.6 is 0 Å². The third kappa shape index (κ3) is 3.62. The van der Waals surface area contributed by atoms with Crippen molar-refractivity contribution in [2.45, 2.75) is 37.5 Å². The van der Waals surface area contributed by atoms with Crippen LogP contribution in [0.3, 0.4) is 0 Å². The Morgan fingerprint density at radius 3 is 2.93 bits per heavy atom. The average molecular weight is 390 g/mol. The third-order valence-electron chi connectivity index (χ3n) is 5.85. The van der Waals surface area contributed by atoms with Crippen LogP contribution < -0.4 is 0 Å². The fraction of sp³-hybridized carbons (Fsp3) is 0.429. The van der Waals surface area contributed by atoms with E-state index in [-0.39, 0.29) is 11.3 Å². The number of aromatic nitrogens is 5. The average Bonchev–Trinajstić information content (AvgIpc) is 3.44. The first-order valence-electron chi connectivity index (χ1n) is 10.0. The minimum atomic E-state index is -0.286. The van der Waals surface area contributed by atoms with Crippen molar-refractivity contribution in [2.24, 2.45) is 5.92 Å². The molecule has 1 aliphatic heterocycles. The third-order valence-corrected chi connectivity index (χ3v) is 5.85. The molecule has 1 saturated carbocycles. The number of hydrogen-bond acceptors (Lipinski definition) is 7. The largest absolute Gasteiger partial charge is 0.336 e. The van der Waals surface area contributed by atoms with Crippen LogP contribution in [0.4, 0.5) is 0 Å². The molecule has 0 radical (unpaired) electrons. The first kappa shape index (κ1) is 17.9. The van der Waals surface area contributed by atoms with E-state index in [0.717, 1.165) is 24.8 Å². The second kappa shape index (κ2) is 7.35. The lowest BCUT2D eigenvalue weighted by molar-refractivity contribution is 0.0601. The van der Waals surface area contributed by atoms with E-state index in [2.05, 4.69) is 20.1 Å². The van der Waals surface area contributed by atoms with Crippen molar-refractivity contribution in [3.8, 4) is 11.5 Å². The molecule has 0 N–H and O–H groups in total. The molecule has 3 aromatic rings. The summed E-state index contributed by atoms with van der Waals surface area (Å²) in [5.41, 5.74) is 0.940. The molecule has 1 aliphatic carbocycles. The van der Waals surface area contributed by atoms with Crippen LogP contribution in [0, 0.1) is 5.92 Å². The summed E-state index contributed by atoms with van der Waals surface area (Å²) in [7, 11) is 0. The van der Waals surface area contributed by atoms with E-state index in [9.17, 15) is 4.79 Å². The van der Waals surface area contributed by atoms with Crippen molar-refractivity contribution in [1.29, 1.82) is 0 Å². The molecular formula is C21H22N6O2. The van der Waals surface area contributed by atoms with E-state index in [1.54, 1.807) is 24.7 Å². The SMILES string of the molecule is O=C(c1ccncn1)N1CCCC(CC2CC2)(c2noc(-c3cccnc3)n2)C1. The van der Waals surface area contributed by atoms with Gasteiger partial charge in [-0.25, -0.2) is 9.97 Å². The fourth-order valence-electron chi connectivity index (χ4n) is 4.24. The Morgan fingerprint density at radius 1 is 1.24 bits per heavy atom. The standard InChI is InChI=1S/C21H22N6O2/c28-19(17-6-9-23-14-24-17)27-10-2-7-21(13-27,11-15-4-5-15)20-25-18(29-26-20)16-3-1-8-22-12-16/h1,3,6,8-9,12,14-15H,2,4-5,7,10-11,13H2. The molecule has 2 aliphatic rings. The molecule has 0 bridgehead atoms. The van der Waals surface area contributed by atoms with E-state index in [1.807, 2.05) is 17.0 Å². The molecule has 1 unspecified atom stereocenters. The Kier molecular flexibility index (Phi) is 4.54. The molecule has 1 atom stereocenters. The highest BCUT2D eigenvalue weighted by atomic mass is 16.5. The van der Waals surface area contributed by atoms with Crippen molar-refractivity contribution >= 4 is 5.91 Å². The molecule has 8 heteroatoms. The predicted octanol–water partition coefficient (Wildman–Crippen LogP) is 2.90. The zero-order chi connectivity index (χ0) is 19.7. The highest BCUT2D eigenvalue weighted by molar-refractivity contribution is 5.92. The van der Waals surface area contributed by atoms with Gasteiger partial charge in [0, 0.05) is 31.7 Å². The molecule has 148 valence electrons. The minimum absolute atomic E-state index is 0.0664. The lowest BCUT2D eigenvalue weighted by Gasteiger charge is -2.41.